The number of aliphatic hydroxyl groups excluding tert-OH is 3. The van der Waals surface area contributed by atoms with Crippen molar-refractivity contribution < 1.29 is 24.5 Å². The topological polar surface area (TPSA) is 89.8 Å². The van der Waals surface area contributed by atoms with Crippen molar-refractivity contribution in [1.29, 1.82) is 0 Å². The smallest absolute Gasteiger partial charge is 0.216 e. The van der Waals surface area contributed by atoms with Crippen molar-refractivity contribution in [2.24, 2.45) is 0 Å². The van der Waals surface area contributed by atoms with E-state index >= 15 is 0 Å². The van der Waals surface area contributed by atoms with Gasteiger partial charge in [-0.1, -0.05) is 6.07 Å². The third-order valence-electron chi connectivity index (χ3n) is 2.51. The van der Waals surface area contributed by atoms with Crippen molar-refractivity contribution in [2.75, 3.05) is 6.54 Å². The van der Waals surface area contributed by atoms with Crippen LogP contribution in [-0.2, 0) is 11.4 Å². The molecule has 4 N–H and O–H groups in total. The Kier molecular flexibility index (Phi) is 5.21. The van der Waals surface area contributed by atoms with Crippen LogP contribution in [0.15, 0.2) is 18.2 Å². The Bertz CT molecular complexity index is 425. The maximum absolute atomic E-state index is 13.1. The number of benzene rings is 1. The molecule has 0 fully saturated rings. The van der Waals surface area contributed by atoms with Crippen LogP contribution in [0.2, 0.25) is 0 Å². The van der Waals surface area contributed by atoms with E-state index in [1.807, 2.05) is 0 Å². The van der Waals surface area contributed by atoms with E-state index in [9.17, 15) is 19.4 Å². The van der Waals surface area contributed by atoms with Crippen LogP contribution in [0, 0.1) is 5.82 Å². The predicted molar refractivity (Wildman–Crippen MR) is 62.0 cm³/mol. The summed E-state index contributed by atoms with van der Waals surface area (Å²) in [6.07, 6.45) is -2.46. The van der Waals surface area contributed by atoms with Crippen LogP contribution in [0.25, 0.3) is 0 Å². The Balaban J connectivity index is 2.76. The average Bonchev–Trinajstić information content (AvgIpc) is 2.35. The predicted octanol–water partition coefficient (Wildman–Crippen LogP) is -0.152. The van der Waals surface area contributed by atoms with Crippen LogP contribution in [0.1, 0.15) is 24.2 Å². The molecule has 0 radical (unpaired) electrons. The van der Waals surface area contributed by atoms with Gasteiger partial charge < -0.3 is 20.6 Å². The zero-order valence-corrected chi connectivity index (χ0v) is 9.93. The first-order valence-corrected chi connectivity index (χ1v) is 5.45. The molecule has 1 amide bonds. The van der Waals surface area contributed by atoms with Crippen molar-refractivity contribution in [3.8, 4) is 0 Å². The van der Waals surface area contributed by atoms with Crippen LogP contribution in [0.5, 0.6) is 0 Å². The molecule has 2 unspecified atom stereocenters. The first-order valence-electron chi connectivity index (χ1n) is 5.45. The van der Waals surface area contributed by atoms with E-state index in [-0.39, 0.29) is 23.6 Å². The monoisotopic (exact) mass is 257 g/mol. The molecule has 0 saturated heterocycles. The molecule has 0 heterocycles. The minimum Gasteiger partial charge on any atom is -0.392 e. The highest BCUT2D eigenvalue weighted by Gasteiger charge is 2.19. The number of amides is 1. The second kappa shape index (κ2) is 6.44. The summed E-state index contributed by atoms with van der Waals surface area (Å²) in [6.45, 7) is 0.692. The van der Waals surface area contributed by atoms with Crippen LogP contribution in [0.3, 0.4) is 0 Å². The summed E-state index contributed by atoms with van der Waals surface area (Å²) >= 11 is 0. The summed E-state index contributed by atoms with van der Waals surface area (Å²) in [5, 5.41) is 30.7. The zero-order valence-electron chi connectivity index (χ0n) is 9.93. The third-order valence-corrected chi connectivity index (χ3v) is 2.51. The molecule has 0 aliphatic heterocycles. The van der Waals surface area contributed by atoms with Gasteiger partial charge in [-0.3, -0.25) is 4.79 Å². The van der Waals surface area contributed by atoms with Gasteiger partial charge in [0.25, 0.3) is 0 Å². The lowest BCUT2D eigenvalue weighted by Gasteiger charge is -2.19. The lowest BCUT2D eigenvalue weighted by molar-refractivity contribution is -0.119. The highest BCUT2D eigenvalue weighted by Crippen LogP contribution is 2.20. The van der Waals surface area contributed by atoms with Crippen LogP contribution in [-0.4, -0.2) is 33.9 Å². The minimum absolute atomic E-state index is 0.0401. The Labute approximate surface area is 104 Å². The first-order chi connectivity index (χ1) is 8.45. The minimum atomic E-state index is -1.26. The highest BCUT2D eigenvalue weighted by molar-refractivity contribution is 5.72. The van der Waals surface area contributed by atoms with Crippen LogP contribution < -0.4 is 5.32 Å². The number of halogens is 1. The molecule has 0 bridgehead atoms. The molecule has 18 heavy (non-hydrogen) atoms. The fraction of sp³-hybridized carbons (Fsp3) is 0.417. The third kappa shape index (κ3) is 3.76. The van der Waals surface area contributed by atoms with Gasteiger partial charge in [0, 0.05) is 19.0 Å². The normalized spacial score (nSPS) is 14.1. The Morgan fingerprint density at radius 3 is 2.67 bits per heavy atom. The molecule has 0 aromatic heterocycles. The van der Waals surface area contributed by atoms with Gasteiger partial charge in [-0.15, -0.1) is 0 Å². The summed E-state index contributed by atoms with van der Waals surface area (Å²) in [7, 11) is 0. The Morgan fingerprint density at radius 1 is 1.44 bits per heavy atom. The maximum Gasteiger partial charge on any atom is 0.216 e. The second-order valence-corrected chi connectivity index (χ2v) is 3.96. The van der Waals surface area contributed by atoms with Crippen LogP contribution in [0.4, 0.5) is 4.39 Å². The van der Waals surface area contributed by atoms with Gasteiger partial charge in [-0.25, -0.2) is 4.39 Å². The SMILES string of the molecule is CC(=O)NCC(O)C(O)c1ccc(F)c(CO)c1. The molecule has 1 aromatic rings. The lowest BCUT2D eigenvalue weighted by atomic mass is 10.0. The van der Waals surface area contributed by atoms with E-state index in [2.05, 4.69) is 5.32 Å². The molecule has 2 atom stereocenters. The van der Waals surface area contributed by atoms with Gasteiger partial charge in [0.1, 0.15) is 18.0 Å². The molecule has 0 saturated carbocycles. The van der Waals surface area contributed by atoms with Gasteiger partial charge in [0.05, 0.1) is 6.61 Å². The van der Waals surface area contributed by atoms with E-state index in [4.69, 9.17) is 5.11 Å². The molecular weight excluding hydrogens is 241 g/mol. The summed E-state index contributed by atoms with van der Waals surface area (Å²) in [5.41, 5.74) is 0.316. The molecule has 0 spiro atoms. The number of hydrogen-bond donors (Lipinski definition) is 4. The fourth-order valence-corrected chi connectivity index (χ4v) is 1.48. The van der Waals surface area contributed by atoms with E-state index in [0.29, 0.717) is 0 Å². The maximum atomic E-state index is 13.1. The largest absolute Gasteiger partial charge is 0.392 e. The molecule has 100 valence electrons. The van der Waals surface area contributed by atoms with E-state index < -0.39 is 24.6 Å². The Hall–Kier alpha value is -1.50. The number of nitrogens with one attached hydrogen (secondary N) is 1. The lowest BCUT2D eigenvalue weighted by Crippen LogP contribution is -2.34. The van der Waals surface area contributed by atoms with E-state index in [0.717, 1.165) is 6.07 Å². The van der Waals surface area contributed by atoms with Crippen molar-refractivity contribution in [1.82, 2.24) is 5.32 Å². The molecule has 6 heteroatoms. The number of rotatable bonds is 5. The molecular formula is C12H16FNO4. The molecule has 0 aliphatic rings. The fourth-order valence-electron chi connectivity index (χ4n) is 1.48. The summed E-state index contributed by atoms with van der Waals surface area (Å²) in [5.74, 6) is -0.902. The van der Waals surface area contributed by atoms with Crippen molar-refractivity contribution in [3.05, 3.63) is 35.1 Å². The summed E-state index contributed by atoms with van der Waals surface area (Å²) in [4.78, 5) is 10.7. The van der Waals surface area contributed by atoms with Gasteiger partial charge in [-0.05, 0) is 17.7 Å². The quantitative estimate of drug-likeness (QED) is 0.590. The van der Waals surface area contributed by atoms with Crippen molar-refractivity contribution in [2.45, 2.75) is 25.7 Å². The Morgan fingerprint density at radius 2 is 2.11 bits per heavy atom. The molecule has 1 rings (SSSR count). The molecule has 1 aromatic carbocycles. The van der Waals surface area contributed by atoms with Gasteiger partial charge in [0.15, 0.2) is 0 Å². The van der Waals surface area contributed by atoms with E-state index in [1.165, 1.54) is 19.1 Å². The number of carbonyl (C=O) groups is 1. The summed E-state index contributed by atoms with van der Waals surface area (Å²) < 4.78 is 13.1. The standard InChI is InChI=1S/C12H16FNO4/c1-7(16)14-5-11(17)12(18)8-2-3-10(13)9(4-8)6-15/h2-4,11-12,15,17-18H,5-6H2,1H3,(H,14,16). The number of carbonyl (C=O) groups excluding carboxylic acids is 1. The van der Waals surface area contributed by atoms with E-state index in [1.54, 1.807) is 0 Å². The first kappa shape index (κ1) is 14.6. The van der Waals surface area contributed by atoms with Gasteiger partial charge in [0.2, 0.25) is 5.91 Å². The number of aliphatic hydroxyl groups is 3. The zero-order chi connectivity index (χ0) is 13.7. The second-order valence-electron chi connectivity index (χ2n) is 3.96. The van der Waals surface area contributed by atoms with Gasteiger partial charge in [-0.2, -0.15) is 0 Å². The van der Waals surface area contributed by atoms with Crippen molar-refractivity contribution >= 4 is 5.91 Å². The van der Waals surface area contributed by atoms with Gasteiger partial charge >= 0.3 is 0 Å². The van der Waals surface area contributed by atoms with Crippen molar-refractivity contribution in [3.63, 3.8) is 0 Å². The van der Waals surface area contributed by atoms with Crippen LogP contribution >= 0.6 is 0 Å². The highest BCUT2D eigenvalue weighted by atomic mass is 19.1. The average molecular weight is 257 g/mol. The molecule has 0 aliphatic carbocycles. The molecule has 5 nitrogen and oxygen atoms in total. The summed E-state index contributed by atoms with van der Waals surface area (Å²) in [6, 6.07) is 3.70. The number of hydrogen-bond acceptors (Lipinski definition) is 4.